The van der Waals surface area contributed by atoms with Gasteiger partial charge in [-0.3, -0.25) is 4.57 Å². The van der Waals surface area contributed by atoms with Crippen LogP contribution < -0.4 is 5.73 Å². The van der Waals surface area contributed by atoms with Crippen molar-refractivity contribution >= 4 is 8.25 Å². The van der Waals surface area contributed by atoms with Gasteiger partial charge in [0.15, 0.2) is 0 Å². The van der Waals surface area contributed by atoms with Gasteiger partial charge in [0, 0.05) is 0 Å². The molecule has 0 amide bonds. The first kappa shape index (κ1) is 8.11. The van der Waals surface area contributed by atoms with Gasteiger partial charge in [-0.1, -0.05) is 0 Å². The van der Waals surface area contributed by atoms with Gasteiger partial charge in [-0.05, 0) is 13.0 Å². The zero-order valence-electron chi connectivity index (χ0n) is 4.46. The van der Waals surface area contributed by atoms with Gasteiger partial charge in [-0.25, -0.2) is 0 Å². The predicted molar refractivity (Wildman–Crippen MR) is 30.8 cm³/mol. The summed E-state index contributed by atoms with van der Waals surface area (Å²) in [5.74, 6) is 0. The Hall–Kier alpha value is 0.110. The Kier molecular flexibility index (Phi) is 5.32. The van der Waals surface area contributed by atoms with Crippen LogP contribution in [-0.2, 0) is 9.09 Å². The molecule has 0 fully saturated rings. The number of nitrogens with two attached hydrogens (primary N) is 1. The van der Waals surface area contributed by atoms with E-state index < -0.39 is 8.25 Å². The Balaban J connectivity index is 2.82. The molecule has 5 heteroatoms. The van der Waals surface area contributed by atoms with Crippen LogP contribution in [0.4, 0.5) is 0 Å². The van der Waals surface area contributed by atoms with E-state index in [4.69, 9.17) is 10.6 Å². The molecule has 0 aliphatic carbocycles. The van der Waals surface area contributed by atoms with Crippen molar-refractivity contribution in [2.45, 2.75) is 6.42 Å². The molecule has 0 rings (SSSR count). The second kappa shape index (κ2) is 5.25. The highest BCUT2D eigenvalue weighted by molar-refractivity contribution is 7.32. The van der Waals surface area contributed by atoms with E-state index in [1.807, 2.05) is 0 Å². The van der Waals surface area contributed by atoms with E-state index in [2.05, 4.69) is 4.52 Å². The maximum absolute atomic E-state index is 9.80. The summed E-state index contributed by atoms with van der Waals surface area (Å²) >= 11 is 0. The van der Waals surface area contributed by atoms with Crippen molar-refractivity contribution in [1.29, 1.82) is 0 Å². The Bertz CT molecular complexity index is 76.9. The topological polar surface area (TPSA) is 72.5 Å². The lowest BCUT2D eigenvalue weighted by molar-refractivity contribution is 0.279. The van der Waals surface area contributed by atoms with Crippen LogP contribution in [0.2, 0.25) is 0 Å². The van der Waals surface area contributed by atoms with Crippen molar-refractivity contribution in [3.8, 4) is 0 Å². The fourth-order valence-corrected chi connectivity index (χ4v) is 0.562. The average Bonchev–Trinajstić information content (AvgIpc) is 1.66. The minimum Gasteiger partial charge on any atom is -0.330 e. The van der Waals surface area contributed by atoms with Gasteiger partial charge < -0.3 is 15.2 Å². The predicted octanol–water partition coefficient (Wildman–Crippen LogP) is -0.266. The molecule has 0 spiro atoms. The van der Waals surface area contributed by atoms with Gasteiger partial charge in [0.25, 0.3) is 0 Å². The molecule has 0 aliphatic heterocycles. The maximum Gasteiger partial charge on any atom is 0.316 e. The van der Waals surface area contributed by atoms with E-state index in [0.717, 1.165) is 0 Å². The molecule has 0 heterocycles. The van der Waals surface area contributed by atoms with Crippen molar-refractivity contribution in [2.24, 2.45) is 5.73 Å². The van der Waals surface area contributed by atoms with E-state index >= 15 is 0 Å². The Morgan fingerprint density at radius 3 is 2.75 bits per heavy atom. The largest absolute Gasteiger partial charge is 0.330 e. The third kappa shape index (κ3) is 6.11. The van der Waals surface area contributed by atoms with Crippen molar-refractivity contribution < 1.29 is 14.0 Å². The molecule has 0 aromatic rings. The zero-order chi connectivity index (χ0) is 6.41. The summed E-state index contributed by atoms with van der Waals surface area (Å²) in [6, 6.07) is 0. The van der Waals surface area contributed by atoms with Crippen LogP contribution in [0.1, 0.15) is 6.42 Å². The molecule has 1 unspecified atom stereocenters. The van der Waals surface area contributed by atoms with Crippen molar-refractivity contribution in [2.75, 3.05) is 13.2 Å². The third-order valence-electron chi connectivity index (χ3n) is 0.574. The lowest BCUT2D eigenvalue weighted by atomic mass is 10.5. The SMILES string of the molecule is NCCCO[PH](=O)O. The lowest BCUT2D eigenvalue weighted by Crippen LogP contribution is -2.01. The monoisotopic (exact) mass is 139 g/mol. The third-order valence-corrected chi connectivity index (χ3v) is 1.03. The molecule has 0 aromatic carbocycles. The van der Waals surface area contributed by atoms with Crippen LogP contribution in [0.3, 0.4) is 0 Å². The van der Waals surface area contributed by atoms with Crippen LogP contribution in [-0.4, -0.2) is 18.0 Å². The van der Waals surface area contributed by atoms with Gasteiger partial charge in [0.05, 0.1) is 6.61 Å². The summed E-state index contributed by atoms with van der Waals surface area (Å²) in [4.78, 5) is 8.06. The first-order chi connectivity index (χ1) is 3.77. The lowest BCUT2D eigenvalue weighted by Gasteiger charge is -1.94. The van der Waals surface area contributed by atoms with Crippen LogP contribution in [0, 0.1) is 0 Å². The van der Waals surface area contributed by atoms with Gasteiger partial charge >= 0.3 is 8.25 Å². The second-order valence-corrected chi connectivity index (χ2v) is 2.08. The molecule has 1 atom stereocenters. The number of rotatable bonds is 4. The maximum atomic E-state index is 9.80. The van der Waals surface area contributed by atoms with Crippen LogP contribution in [0.5, 0.6) is 0 Å². The van der Waals surface area contributed by atoms with Gasteiger partial charge in [-0.15, -0.1) is 0 Å². The fourth-order valence-electron chi connectivity index (χ4n) is 0.243. The molecule has 50 valence electrons. The van der Waals surface area contributed by atoms with Crippen molar-refractivity contribution in [3.63, 3.8) is 0 Å². The molecule has 0 aliphatic rings. The average molecular weight is 139 g/mol. The molecule has 0 aromatic heterocycles. The summed E-state index contributed by atoms with van der Waals surface area (Å²) < 4.78 is 14.1. The zero-order valence-corrected chi connectivity index (χ0v) is 5.46. The summed E-state index contributed by atoms with van der Waals surface area (Å²) in [5, 5.41) is 0. The number of hydrogen-bond acceptors (Lipinski definition) is 3. The Labute approximate surface area is 48.6 Å². The van der Waals surface area contributed by atoms with Gasteiger partial charge in [0.2, 0.25) is 0 Å². The summed E-state index contributed by atoms with van der Waals surface area (Å²) in [6.45, 7) is 0.778. The van der Waals surface area contributed by atoms with Crippen molar-refractivity contribution in [3.05, 3.63) is 0 Å². The fraction of sp³-hybridized carbons (Fsp3) is 1.00. The number of hydrogen-bond donors (Lipinski definition) is 2. The second-order valence-electron chi connectivity index (χ2n) is 1.26. The summed E-state index contributed by atoms with van der Waals surface area (Å²) in [7, 11) is -2.71. The normalized spacial score (nSPS) is 13.8. The standard InChI is InChI=1S/C3H10NO3P/c4-2-1-3-7-8(5)6/h8H,1-4H2,(H,5,6). The summed E-state index contributed by atoms with van der Waals surface area (Å²) in [6.07, 6.45) is 0.636. The van der Waals surface area contributed by atoms with Gasteiger partial charge in [-0.2, -0.15) is 0 Å². The smallest absolute Gasteiger partial charge is 0.316 e. The Morgan fingerprint density at radius 1 is 1.75 bits per heavy atom. The molecule has 0 saturated heterocycles. The quantitative estimate of drug-likeness (QED) is 0.415. The molecular formula is C3H10NO3P. The van der Waals surface area contributed by atoms with Crippen LogP contribution >= 0.6 is 8.25 Å². The molecule has 0 radical (unpaired) electrons. The summed E-state index contributed by atoms with van der Waals surface area (Å²) in [5.41, 5.74) is 5.06. The molecule has 8 heavy (non-hydrogen) atoms. The van der Waals surface area contributed by atoms with Crippen LogP contribution in [0.15, 0.2) is 0 Å². The van der Waals surface area contributed by atoms with E-state index in [9.17, 15) is 4.57 Å². The first-order valence-electron chi connectivity index (χ1n) is 2.33. The van der Waals surface area contributed by atoms with E-state index in [1.54, 1.807) is 0 Å². The molecule has 0 saturated carbocycles. The van der Waals surface area contributed by atoms with Crippen LogP contribution in [0.25, 0.3) is 0 Å². The minimum atomic E-state index is -2.71. The highest BCUT2D eigenvalue weighted by Gasteiger charge is 1.88. The molecular weight excluding hydrogens is 129 g/mol. The van der Waals surface area contributed by atoms with E-state index in [0.29, 0.717) is 13.0 Å². The highest BCUT2D eigenvalue weighted by atomic mass is 31.1. The first-order valence-corrected chi connectivity index (χ1v) is 3.59. The highest BCUT2D eigenvalue weighted by Crippen LogP contribution is 2.13. The minimum absolute atomic E-state index is 0.283. The Morgan fingerprint density at radius 2 is 2.38 bits per heavy atom. The molecule has 3 N–H and O–H groups in total. The molecule has 4 nitrogen and oxygen atoms in total. The van der Waals surface area contributed by atoms with E-state index in [1.165, 1.54) is 0 Å². The van der Waals surface area contributed by atoms with E-state index in [-0.39, 0.29) is 6.61 Å². The molecule has 0 bridgehead atoms. The van der Waals surface area contributed by atoms with Crippen molar-refractivity contribution in [1.82, 2.24) is 0 Å². The van der Waals surface area contributed by atoms with Gasteiger partial charge in [0.1, 0.15) is 0 Å².